The molecule has 3 aromatic carbocycles. The van der Waals surface area contributed by atoms with Crippen molar-refractivity contribution in [2.45, 2.75) is 9.79 Å². The van der Waals surface area contributed by atoms with Crippen LogP contribution in [0.25, 0.3) is 0 Å². The van der Waals surface area contributed by atoms with E-state index in [1.807, 2.05) is 36.4 Å². The number of nitriles is 1. The Balaban J connectivity index is 1.59. The molecule has 29 heavy (non-hydrogen) atoms. The van der Waals surface area contributed by atoms with E-state index in [0.29, 0.717) is 16.3 Å². The van der Waals surface area contributed by atoms with Gasteiger partial charge < -0.3 is 10.1 Å². The highest BCUT2D eigenvalue weighted by Gasteiger charge is 2.12. The Labute approximate surface area is 177 Å². The summed E-state index contributed by atoms with van der Waals surface area (Å²) in [5.74, 6) is -1.08. The summed E-state index contributed by atoms with van der Waals surface area (Å²) in [5, 5.41) is 12.2. The van der Waals surface area contributed by atoms with Crippen molar-refractivity contribution >= 4 is 40.9 Å². The minimum absolute atomic E-state index is 0.274. The van der Waals surface area contributed by atoms with Crippen LogP contribution in [-0.4, -0.2) is 18.5 Å². The van der Waals surface area contributed by atoms with E-state index in [2.05, 4.69) is 5.32 Å². The summed E-state index contributed by atoms with van der Waals surface area (Å²) in [7, 11) is 0. The number of nitrogens with zero attached hydrogens (tertiary/aromatic N) is 1. The number of benzene rings is 3. The second kappa shape index (κ2) is 9.78. The molecular formula is C22H15ClN2O3S. The van der Waals surface area contributed by atoms with Crippen LogP contribution in [0.3, 0.4) is 0 Å². The second-order valence-corrected chi connectivity index (χ2v) is 7.42. The zero-order valence-corrected chi connectivity index (χ0v) is 16.7. The normalized spacial score (nSPS) is 10.1. The van der Waals surface area contributed by atoms with Gasteiger partial charge in [-0.1, -0.05) is 35.5 Å². The molecule has 5 nitrogen and oxygen atoms in total. The van der Waals surface area contributed by atoms with Crippen LogP contribution in [-0.2, 0) is 9.53 Å². The third-order valence-electron chi connectivity index (χ3n) is 3.79. The molecular weight excluding hydrogens is 408 g/mol. The fourth-order valence-electron chi connectivity index (χ4n) is 2.37. The molecule has 0 atom stereocenters. The monoisotopic (exact) mass is 422 g/mol. The van der Waals surface area contributed by atoms with Crippen molar-refractivity contribution in [3.05, 3.63) is 88.9 Å². The smallest absolute Gasteiger partial charge is 0.338 e. The molecule has 0 aliphatic heterocycles. The van der Waals surface area contributed by atoms with Crippen LogP contribution in [0.1, 0.15) is 15.9 Å². The molecule has 3 rings (SSSR count). The molecule has 0 saturated carbocycles. The third-order valence-corrected chi connectivity index (χ3v) is 5.12. The van der Waals surface area contributed by atoms with Crippen LogP contribution in [0, 0.1) is 11.3 Å². The molecule has 0 unspecified atom stereocenters. The summed E-state index contributed by atoms with van der Waals surface area (Å²) >= 11 is 7.39. The number of amides is 1. The number of esters is 1. The molecule has 1 N–H and O–H groups in total. The molecule has 0 bridgehead atoms. The van der Waals surface area contributed by atoms with E-state index in [0.717, 1.165) is 9.79 Å². The van der Waals surface area contributed by atoms with Gasteiger partial charge in [-0.15, -0.1) is 0 Å². The standard InChI is InChI=1S/C22H15ClN2O3S/c23-17-9-11-18(12-10-17)29-20-4-2-1-3-19(20)25-21(26)14-28-22(27)16-7-5-15(13-24)6-8-16/h1-12H,14H2,(H,25,26). The quantitative estimate of drug-likeness (QED) is 0.555. The van der Waals surface area contributed by atoms with Crippen molar-refractivity contribution < 1.29 is 14.3 Å². The number of hydrogen-bond donors (Lipinski definition) is 1. The van der Waals surface area contributed by atoms with Gasteiger partial charge in [-0.25, -0.2) is 4.79 Å². The maximum Gasteiger partial charge on any atom is 0.338 e. The Morgan fingerprint density at radius 3 is 2.38 bits per heavy atom. The van der Waals surface area contributed by atoms with E-state index in [4.69, 9.17) is 21.6 Å². The van der Waals surface area contributed by atoms with Gasteiger partial charge in [0.15, 0.2) is 6.61 Å². The first-order chi connectivity index (χ1) is 14.0. The van der Waals surface area contributed by atoms with Gasteiger partial charge in [0.1, 0.15) is 0 Å². The van der Waals surface area contributed by atoms with Crippen molar-refractivity contribution in [2.75, 3.05) is 11.9 Å². The highest BCUT2D eigenvalue weighted by Crippen LogP contribution is 2.33. The number of anilines is 1. The Hall–Kier alpha value is -3.27. The van der Waals surface area contributed by atoms with Crippen molar-refractivity contribution in [1.82, 2.24) is 0 Å². The fourth-order valence-corrected chi connectivity index (χ4v) is 3.40. The van der Waals surface area contributed by atoms with Crippen LogP contribution in [0.4, 0.5) is 5.69 Å². The van der Waals surface area contributed by atoms with E-state index in [-0.39, 0.29) is 5.56 Å². The summed E-state index contributed by atoms with van der Waals surface area (Å²) in [4.78, 5) is 26.1. The summed E-state index contributed by atoms with van der Waals surface area (Å²) in [6.45, 7) is -0.418. The lowest BCUT2D eigenvalue weighted by molar-refractivity contribution is -0.119. The lowest BCUT2D eigenvalue weighted by atomic mass is 10.1. The van der Waals surface area contributed by atoms with Crippen molar-refractivity contribution in [1.29, 1.82) is 5.26 Å². The summed E-state index contributed by atoms with van der Waals surface area (Å²) < 4.78 is 5.05. The van der Waals surface area contributed by atoms with E-state index in [1.165, 1.54) is 36.0 Å². The van der Waals surface area contributed by atoms with Crippen LogP contribution in [0.5, 0.6) is 0 Å². The topological polar surface area (TPSA) is 79.2 Å². The van der Waals surface area contributed by atoms with Gasteiger partial charge in [-0.3, -0.25) is 4.79 Å². The highest BCUT2D eigenvalue weighted by molar-refractivity contribution is 7.99. The minimum Gasteiger partial charge on any atom is -0.452 e. The number of para-hydroxylation sites is 1. The Kier molecular flexibility index (Phi) is 6.90. The number of ether oxygens (including phenoxy) is 1. The maximum atomic E-state index is 12.2. The first kappa shape index (κ1) is 20.5. The van der Waals surface area contributed by atoms with Crippen molar-refractivity contribution in [2.24, 2.45) is 0 Å². The number of hydrogen-bond acceptors (Lipinski definition) is 5. The summed E-state index contributed by atoms with van der Waals surface area (Å²) in [5.41, 5.74) is 1.33. The van der Waals surface area contributed by atoms with Crippen LogP contribution in [0.2, 0.25) is 5.02 Å². The SMILES string of the molecule is N#Cc1ccc(C(=O)OCC(=O)Nc2ccccc2Sc2ccc(Cl)cc2)cc1. The van der Waals surface area contributed by atoms with Crippen LogP contribution >= 0.6 is 23.4 Å². The Morgan fingerprint density at radius 1 is 1.00 bits per heavy atom. The molecule has 144 valence electrons. The zero-order chi connectivity index (χ0) is 20.6. The molecule has 0 radical (unpaired) electrons. The van der Waals surface area contributed by atoms with Gasteiger partial charge in [0.05, 0.1) is 22.9 Å². The molecule has 3 aromatic rings. The highest BCUT2D eigenvalue weighted by atomic mass is 35.5. The van der Waals surface area contributed by atoms with Gasteiger partial charge >= 0.3 is 5.97 Å². The lowest BCUT2D eigenvalue weighted by Crippen LogP contribution is -2.21. The average Bonchev–Trinajstić information content (AvgIpc) is 2.75. The molecule has 0 saturated heterocycles. The number of nitrogens with one attached hydrogen (secondary N) is 1. The summed E-state index contributed by atoms with van der Waals surface area (Å²) in [6, 6.07) is 22.7. The Bertz CT molecular complexity index is 1060. The molecule has 0 heterocycles. The van der Waals surface area contributed by atoms with Gasteiger partial charge in [0.2, 0.25) is 0 Å². The van der Waals surface area contributed by atoms with Crippen LogP contribution < -0.4 is 5.32 Å². The molecule has 1 amide bonds. The lowest BCUT2D eigenvalue weighted by Gasteiger charge is -2.11. The minimum atomic E-state index is -0.631. The first-order valence-electron chi connectivity index (χ1n) is 8.55. The largest absolute Gasteiger partial charge is 0.452 e. The Morgan fingerprint density at radius 2 is 1.69 bits per heavy atom. The van der Waals surface area contributed by atoms with Crippen molar-refractivity contribution in [3.8, 4) is 6.07 Å². The predicted octanol–water partition coefficient (Wildman–Crippen LogP) is 5.16. The number of halogens is 1. The predicted molar refractivity (Wildman–Crippen MR) is 112 cm³/mol. The maximum absolute atomic E-state index is 12.2. The van der Waals surface area contributed by atoms with E-state index in [9.17, 15) is 9.59 Å². The molecule has 0 aliphatic rings. The van der Waals surface area contributed by atoms with E-state index < -0.39 is 18.5 Å². The van der Waals surface area contributed by atoms with E-state index in [1.54, 1.807) is 18.2 Å². The molecule has 7 heteroatoms. The van der Waals surface area contributed by atoms with E-state index >= 15 is 0 Å². The fraction of sp³-hybridized carbons (Fsp3) is 0.0455. The van der Waals surface area contributed by atoms with Crippen LogP contribution in [0.15, 0.2) is 82.6 Å². The zero-order valence-electron chi connectivity index (χ0n) is 15.1. The number of rotatable bonds is 6. The summed E-state index contributed by atoms with van der Waals surface area (Å²) in [6.07, 6.45) is 0. The third kappa shape index (κ3) is 5.85. The molecule has 0 aromatic heterocycles. The van der Waals surface area contributed by atoms with Gasteiger partial charge in [0.25, 0.3) is 5.91 Å². The number of carbonyl (C=O) groups excluding carboxylic acids is 2. The van der Waals surface area contributed by atoms with Gasteiger partial charge in [0, 0.05) is 14.8 Å². The number of carbonyl (C=O) groups is 2. The average molecular weight is 423 g/mol. The molecule has 0 fully saturated rings. The second-order valence-electron chi connectivity index (χ2n) is 5.87. The van der Waals surface area contributed by atoms with Gasteiger partial charge in [-0.2, -0.15) is 5.26 Å². The van der Waals surface area contributed by atoms with Gasteiger partial charge in [-0.05, 0) is 60.7 Å². The van der Waals surface area contributed by atoms with Crippen molar-refractivity contribution in [3.63, 3.8) is 0 Å². The molecule has 0 aliphatic carbocycles. The molecule has 0 spiro atoms. The first-order valence-corrected chi connectivity index (χ1v) is 9.74.